The third kappa shape index (κ3) is 3.93. The van der Waals surface area contributed by atoms with Gasteiger partial charge in [-0.2, -0.15) is 0 Å². The van der Waals surface area contributed by atoms with Crippen LogP contribution in [0.25, 0.3) is 0 Å². The normalized spacial score (nSPS) is 13.9. The fourth-order valence-electron chi connectivity index (χ4n) is 0.920. The molecule has 2 unspecified atom stereocenters. The first-order valence-electron chi connectivity index (χ1n) is 4.33. The van der Waals surface area contributed by atoms with E-state index in [0.717, 1.165) is 6.26 Å². The number of alkyl carbamates (subject to hydrolysis) is 1. The van der Waals surface area contributed by atoms with E-state index in [9.17, 15) is 9.59 Å². The van der Waals surface area contributed by atoms with Gasteiger partial charge in [-0.25, -0.2) is 9.59 Å². The zero-order valence-corrected chi connectivity index (χ0v) is 8.32. The van der Waals surface area contributed by atoms with E-state index in [1.54, 1.807) is 6.92 Å². The number of amides is 1. The van der Waals surface area contributed by atoms with Crippen LogP contribution in [0.5, 0.6) is 0 Å². The first kappa shape index (κ1) is 12.5. The molecule has 5 heteroatoms. The van der Waals surface area contributed by atoms with Crippen molar-refractivity contribution in [1.29, 1.82) is 0 Å². The van der Waals surface area contributed by atoms with Gasteiger partial charge in [0.15, 0.2) is 0 Å². The van der Waals surface area contributed by atoms with Gasteiger partial charge in [0, 0.05) is 0 Å². The number of ether oxygens (including phenoxy) is 1. The van der Waals surface area contributed by atoms with Crippen molar-refractivity contribution in [3.05, 3.63) is 12.8 Å². The predicted octanol–water partition coefficient (Wildman–Crippen LogP) is 1.36. The number of carboxylic acid groups (broad SMARTS) is 1. The fourth-order valence-corrected chi connectivity index (χ4v) is 0.920. The molecule has 0 aromatic heterocycles. The van der Waals surface area contributed by atoms with E-state index in [1.807, 2.05) is 6.92 Å². The number of carbonyl (C=O) groups excluding carboxylic acids is 1. The summed E-state index contributed by atoms with van der Waals surface area (Å²) in [6.07, 6.45) is 0.809. The zero-order valence-electron chi connectivity index (χ0n) is 8.32. The van der Waals surface area contributed by atoms with Crippen LogP contribution in [0.1, 0.15) is 20.3 Å². The van der Waals surface area contributed by atoms with E-state index >= 15 is 0 Å². The lowest BCUT2D eigenvalue weighted by Crippen LogP contribution is -2.44. The second-order valence-electron chi connectivity index (χ2n) is 2.92. The molecule has 0 spiro atoms. The van der Waals surface area contributed by atoms with Crippen LogP contribution in [0, 0.1) is 5.92 Å². The van der Waals surface area contributed by atoms with Crippen LogP contribution >= 0.6 is 0 Å². The molecule has 5 nitrogen and oxygen atoms in total. The van der Waals surface area contributed by atoms with E-state index in [-0.39, 0.29) is 5.92 Å². The van der Waals surface area contributed by atoms with E-state index < -0.39 is 18.1 Å². The van der Waals surface area contributed by atoms with Gasteiger partial charge in [-0.15, -0.1) is 0 Å². The second kappa shape index (κ2) is 6.01. The monoisotopic (exact) mass is 201 g/mol. The highest BCUT2D eigenvalue weighted by molar-refractivity contribution is 5.80. The molecule has 2 N–H and O–H groups in total. The molecule has 0 fully saturated rings. The van der Waals surface area contributed by atoms with Crippen LogP contribution < -0.4 is 5.32 Å². The third-order valence-corrected chi connectivity index (χ3v) is 1.94. The minimum absolute atomic E-state index is 0.148. The Labute approximate surface area is 82.7 Å². The minimum Gasteiger partial charge on any atom is -0.480 e. The maximum atomic E-state index is 10.9. The van der Waals surface area contributed by atoms with Crippen molar-refractivity contribution in [2.45, 2.75) is 26.3 Å². The molecule has 2 atom stereocenters. The molecular weight excluding hydrogens is 186 g/mol. The van der Waals surface area contributed by atoms with Crippen LogP contribution in [0.4, 0.5) is 4.79 Å². The molecule has 0 aliphatic heterocycles. The number of nitrogens with one attached hydrogen (secondary N) is 1. The molecule has 14 heavy (non-hydrogen) atoms. The van der Waals surface area contributed by atoms with Gasteiger partial charge >= 0.3 is 12.1 Å². The summed E-state index contributed by atoms with van der Waals surface area (Å²) < 4.78 is 4.37. The first-order valence-corrected chi connectivity index (χ1v) is 4.33. The van der Waals surface area contributed by atoms with Crippen molar-refractivity contribution in [2.24, 2.45) is 5.92 Å². The van der Waals surface area contributed by atoms with Gasteiger partial charge in [-0.1, -0.05) is 26.8 Å². The Morgan fingerprint density at radius 2 is 2.21 bits per heavy atom. The Balaban J connectivity index is 4.29. The number of aliphatic carboxylic acids is 1. The lowest BCUT2D eigenvalue weighted by molar-refractivity contribution is -0.140. The smallest absolute Gasteiger partial charge is 0.412 e. The molecule has 0 aromatic carbocycles. The third-order valence-electron chi connectivity index (χ3n) is 1.94. The topological polar surface area (TPSA) is 75.6 Å². The van der Waals surface area contributed by atoms with E-state index in [1.165, 1.54) is 0 Å². The average molecular weight is 201 g/mol. The van der Waals surface area contributed by atoms with Crippen LogP contribution in [0.15, 0.2) is 12.8 Å². The maximum Gasteiger partial charge on any atom is 0.412 e. The van der Waals surface area contributed by atoms with Crippen molar-refractivity contribution in [1.82, 2.24) is 5.32 Å². The van der Waals surface area contributed by atoms with Gasteiger partial charge < -0.3 is 15.2 Å². The largest absolute Gasteiger partial charge is 0.480 e. The molecule has 0 saturated carbocycles. The number of hydrogen-bond donors (Lipinski definition) is 2. The predicted molar refractivity (Wildman–Crippen MR) is 50.7 cm³/mol. The van der Waals surface area contributed by atoms with Crippen molar-refractivity contribution in [2.75, 3.05) is 0 Å². The fraction of sp³-hybridized carbons (Fsp3) is 0.556. The Kier molecular flexibility index (Phi) is 5.36. The summed E-state index contributed by atoms with van der Waals surface area (Å²) in [6.45, 7) is 6.78. The summed E-state index contributed by atoms with van der Waals surface area (Å²) >= 11 is 0. The highest BCUT2D eigenvalue weighted by Gasteiger charge is 2.25. The number of carboxylic acids is 1. The molecule has 80 valence electrons. The Hall–Kier alpha value is -1.52. The first-order chi connectivity index (χ1) is 6.52. The molecule has 0 aliphatic carbocycles. The molecule has 0 radical (unpaired) electrons. The van der Waals surface area contributed by atoms with Gasteiger partial charge in [-0.3, -0.25) is 0 Å². The molecule has 0 heterocycles. The van der Waals surface area contributed by atoms with Gasteiger partial charge in [0.1, 0.15) is 6.04 Å². The molecule has 0 aliphatic rings. The summed E-state index contributed by atoms with van der Waals surface area (Å²) in [7, 11) is 0. The van der Waals surface area contributed by atoms with Crippen LogP contribution in [-0.4, -0.2) is 23.2 Å². The van der Waals surface area contributed by atoms with Crippen molar-refractivity contribution < 1.29 is 19.4 Å². The van der Waals surface area contributed by atoms with Crippen LogP contribution in [-0.2, 0) is 9.53 Å². The summed E-state index contributed by atoms with van der Waals surface area (Å²) in [5.74, 6) is -1.22. The summed E-state index contributed by atoms with van der Waals surface area (Å²) in [5, 5.41) is 11.0. The average Bonchev–Trinajstić information content (AvgIpc) is 2.13. The lowest BCUT2D eigenvalue weighted by atomic mass is 10.00. The van der Waals surface area contributed by atoms with E-state index in [0.29, 0.717) is 6.42 Å². The lowest BCUT2D eigenvalue weighted by Gasteiger charge is -2.18. The summed E-state index contributed by atoms with van der Waals surface area (Å²) in [5.41, 5.74) is 0. The van der Waals surface area contributed by atoms with Crippen molar-refractivity contribution in [3.63, 3.8) is 0 Å². The molecular formula is C9H15NO4. The minimum atomic E-state index is -1.07. The second-order valence-corrected chi connectivity index (χ2v) is 2.92. The highest BCUT2D eigenvalue weighted by atomic mass is 16.5. The van der Waals surface area contributed by atoms with E-state index in [4.69, 9.17) is 5.11 Å². The molecule has 0 aromatic rings. The summed E-state index contributed by atoms with van der Waals surface area (Å²) in [4.78, 5) is 21.7. The van der Waals surface area contributed by atoms with Crippen molar-refractivity contribution >= 4 is 12.1 Å². The quantitative estimate of drug-likeness (QED) is 0.658. The zero-order chi connectivity index (χ0) is 11.1. The molecule has 0 bridgehead atoms. The SMILES string of the molecule is C=COC(=O)NC(C(=O)O)C(C)CC. The van der Waals surface area contributed by atoms with Crippen LogP contribution in [0.3, 0.4) is 0 Å². The molecule has 0 saturated heterocycles. The van der Waals surface area contributed by atoms with Crippen LogP contribution in [0.2, 0.25) is 0 Å². The Morgan fingerprint density at radius 3 is 2.57 bits per heavy atom. The molecule has 1 amide bonds. The van der Waals surface area contributed by atoms with E-state index in [2.05, 4.69) is 16.6 Å². The number of hydrogen-bond acceptors (Lipinski definition) is 3. The highest BCUT2D eigenvalue weighted by Crippen LogP contribution is 2.07. The van der Waals surface area contributed by atoms with Gasteiger partial charge in [0.25, 0.3) is 0 Å². The Morgan fingerprint density at radius 1 is 1.64 bits per heavy atom. The Bertz CT molecular complexity index is 227. The van der Waals surface area contributed by atoms with Gasteiger partial charge in [0.05, 0.1) is 6.26 Å². The standard InChI is InChI=1S/C9H15NO4/c1-4-6(3)7(8(11)12)10-9(13)14-5-2/h5-7H,2,4H2,1,3H3,(H,10,13)(H,11,12). The molecule has 0 rings (SSSR count). The maximum absolute atomic E-state index is 10.9. The number of rotatable bonds is 5. The number of carbonyl (C=O) groups is 2. The van der Waals surface area contributed by atoms with Gasteiger partial charge in [0.2, 0.25) is 0 Å². The van der Waals surface area contributed by atoms with Gasteiger partial charge in [-0.05, 0) is 5.92 Å². The summed E-state index contributed by atoms with van der Waals surface area (Å²) in [6, 6.07) is -0.924. The van der Waals surface area contributed by atoms with Crippen molar-refractivity contribution in [3.8, 4) is 0 Å².